The molecule has 4 heteroatoms. The second-order valence-corrected chi connectivity index (χ2v) is 5.04. The summed E-state index contributed by atoms with van der Waals surface area (Å²) >= 11 is 0. The van der Waals surface area contributed by atoms with Crippen molar-refractivity contribution in [2.75, 3.05) is 28.4 Å². The average molecular weight is 302 g/mol. The zero-order valence-corrected chi connectivity index (χ0v) is 13.9. The number of methoxy groups -OCH3 is 4. The second kappa shape index (κ2) is 6.60. The van der Waals surface area contributed by atoms with Crippen molar-refractivity contribution in [1.82, 2.24) is 0 Å². The standard InChI is InChI=1S/C18H22O4/c1-11-7-15(19-3)17(21-5)9-13(11)14-10-18(22-6)16(20-4)8-12(14)2/h7-10H,1-6H3. The van der Waals surface area contributed by atoms with Crippen LogP contribution in [0.5, 0.6) is 23.0 Å². The molecular weight excluding hydrogens is 280 g/mol. The Morgan fingerprint density at radius 2 is 0.773 bits per heavy atom. The molecule has 0 bridgehead atoms. The maximum absolute atomic E-state index is 5.41. The van der Waals surface area contributed by atoms with E-state index in [9.17, 15) is 0 Å². The van der Waals surface area contributed by atoms with Gasteiger partial charge in [-0.25, -0.2) is 0 Å². The van der Waals surface area contributed by atoms with Gasteiger partial charge >= 0.3 is 0 Å². The highest BCUT2D eigenvalue weighted by atomic mass is 16.5. The van der Waals surface area contributed by atoms with Gasteiger partial charge in [0.25, 0.3) is 0 Å². The van der Waals surface area contributed by atoms with Gasteiger partial charge in [-0.05, 0) is 60.4 Å². The van der Waals surface area contributed by atoms with E-state index in [1.807, 2.05) is 38.1 Å². The van der Waals surface area contributed by atoms with Gasteiger partial charge in [-0.2, -0.15) is 0 Å². The summed E-state index contributed by atoms with van der Waals surface area (Å²) in [5, 5.41) is 0. The number of aryl methyl sites for hydroxylation is 2. The number of hydrogen-bond acceptors (Lipinski definition) is 4. The number of rotatable bonds is 5. The number of ether oxygens (including phenoxy) is 4. The summed E-state index contributed by atoms with van der Waals surface area (Å²) in [7, 11) is 6.55. The fourth-order valence-electron chi connectivity index (χ4n) is 2.54. The maximum atomic E-state index is 5.41. The van der Waals surface area contributed by atoms with E-state index in [4.69, 9.17) is 18.9 Å². The zero-order chi connectivity index (χ0) is 16.3. The van der Waals surface area contributed by atoms with Gasteiger partial charge in [-0.15, -0.1) is 0 Å². The summed E-state index contributed by atoms with van der Waals surface area (Å²) in [6.45, 7) is 4.10. The lowest BCUT2D eigenvalue weighted by Crippen LogP contribution is -1.96. The predicted octanol–water partition coefficient (Wildman–Crippen LogP) is 4.00. The van der Waals surface area contributed by atoms with E-state index in [1.165, 1.54) is 0 Å². The summed E-state index contributed by atoms with van der Waals surface area (Å²) in [6, 6.07) is 7.93. The van der Waals surface area contributed by atoms with Crippen molar-refractivity contribution in [1.29, 1.82) is 0 Å². The summed E-state index contributed by atoms with van der Waals surface area (Å²) < 4.78 is 21.5. The largest absolute Gasteiger partial charge is 0.493 e. The van der Waals surface area contributed by atoms with Crippen molar-refractivity contribution in [2.24, 2.45) is 0 Å². The first-order chi connectivity index (χ1) is 10.5. The average Bonchev–Trinajstić information content (AvgIpc) is 2.54. The Bertz CT molecular complexity index is 618. The lowest BCUT2D eigenvalue weighted by molar-refractivity contribution is 0.354. The summed E-state index contributed by atoms with van der Waals surface area (Å²) in [5.41, 5.74) is 4.37. The lowest BCUT2D eigenvalue weighted by Gasteiger charge is -2.17. The molecule has 0 amide bonds. The predicted molar refractivity (Wildman–Crippen MR) is 87.6 cm³/mol. The van der Waals surface area contributed by atoms with Crippen LogP contribution in [0.25, 0.3) is 11.1 Å². The first-order valence-electron chi connectivity index (χ1n) is 7.01. The number of hydrogen-bond donors (Lipinski definition) is 0. The quantitative estimate of drug-likeness (QED) is 0.836. The molecule has 0 aliphatic heterocycles. The van der Waals surface area contributed by atoms with Crippen LogP contribution < -0.4 is 18.9 Å². The molecule has 0 aliphatic rings. The van der Waals surface area contributed by atoms with Crippen LogP contribution in [-0.4, -0.2) is 28.4 Å². The van der Waals surface area contributed by atoms with Gasteiger partial charge in [0.15, 0.2) is 23.0 Å². The normalized spacial score (nSPS) is 10.3. The molecule has 4 nitrogen and oxygen atoms in total. The van der Waals surface area contributed by atoms with Gasteiger partial charge < -0.3 is 18.9 Å². The topological polar surface area (TPSA) is 36.9 Å². The Balaban J connectivity index is 2.66. The first-order valence-corrected chi connectivity index (χ1v) is 7.01. The fraction of sp³-hybridized carbons (Fsp3) is 0.333. The number of benzene rings is 2. The van der Waals surface area contributed by atoms with Gasteiger partial charge in [0.05, 0.1) is 28.4 Å². The van der Waals surface area contributed by atoms with Crippen LogP contribution in [0.3, 0.4) is 0 Å². The van der Waals surface area contributed by atoms with Crippen LogP contribution in [0.2, 0.25) is 0 Å². The molecule has 0 heterocycles. The molecule has 0 saturated carbocycles. The SMILES string of the molecule is COc1cc(C)c(-c2cc(OC)c(OC)cc2C)cc1OC. The highest BCUT2D eigenvalue weighted by Crippen LogP contribution is 2.40. The molecule has 2 aromatic carbocycles. The Hall–Kier alpha value is -2.36. The van der Waals surface area contributed by atoms with Crippen LogP contribution in [-0.2, 0) is 0 Å². The smallest absolute Gasteiger partial charge is 0.161 e. The zero-order valence-electron chi connectivity index (χ0n) is 13.9. The maximum Gasteiger partial charge on any atom is 0.161 e. The molecular formula is C18H22O4. The molecule has 0 aliphatic carbocycles. The minimum atomic E-state index is 0.706. The molecule has 0 fully saturated rings. The van der Waals surface area contributed by atoms with Crippen LogP contribution >= 0.6 is 0 Å². The van der Waals surface area contributed by atoms with E-state index in [0.29, 0.717) is 11.5 Å². The van der Waals surface area contributed by atoms with Crippen LogP contribution in [0, 0.1) is 13.8 Å². The third-order valence-corrected chi connectivity index (χ3v) is 3.75. The van der Waals surface area contributed by atoms with Crippen LogP contribution in [0.1, 0.15) is 11.1 Å². The van der Waals surface area contributed by atoms with Crippen LogP contribution in [0.4, 0.5) is 0 Å². The van der Waals surface area contributed by atoms with Gasteiger partial charge in [0.1, 0.15) is 0 Å². The van der Waals surface area contributed by atoms with E-state index in [-0.39, 0.29) is 0 Å². The molecule has 2 rings (SSSR count). The van der Waals surface area contributed by atoms with Crippen LogP contribution in [0.15, 0.2) is 24.3 Å². The highest BCUT2D eigenvalue weighted by Gasteiger charge is 2.15. The van der Waals surface area contributed by atoms with E-state index in [2.05, 4.69) is 0 Å². The minimum Gasteiger partial charge on any atom is -0.493 e. The third-order valence-electron chi connectivity index (χ3n) is 3.75. The Morgan fingerprint density at radius 3 is 1.05 bits per heavy atom. The molecule has 0 radical (unpaired) electrons. The lowest BCUT2D eigenvalue weighted by atomic mass is 9.95. The molecule has 0 N–H and O–H groups in total. The molecule has 0 aromatic heterocycles. The van der Waals surface area contributed by atoms with Gasteiger partial charge in [-0.1, -0.05) is 0 Å². The molecule has 118 valence electrons. The molecule has 22 heavy (non-hydrogen) atoms. The van der Waals surface area contributed by atoms with Crippen molar-refractivity contribution >= 4 is 0 Å². The van der Waals surface area contributed by atoms with Gasteiger partial charge in [0, 0.05) is 0 Å². The minimum absolute atomic E-state index is 0.706. The van der Waals surface area contributed by atoms with E-state index >= 15 is 0 Å². The molecule has 0 saturated heterocycles. The Morgan fingerprint density at radius 1 is 0.500 bits per heavy atom. The van der Waals surface area contributed by atoms with Gasteiger partial charge in [-0.3, -0.25) is 0 Å². The molecule has 0 atom stereocenters. The Kier molecular flexibility index (Phi) is 4.81. The monoisotopic (exact) mass is 302 g/mol. The fourth-order valence-corrected chi connectivity index (χ4v) is 2.54. The Labute approximate surface area is 131 Å². The second-order valence-electron chi connectivity index (χ2n) is 5.04. The van der Waals surface area contributed by atoms with Crippen molar-refractivity contribution < 1.29 is 18.9 Å². The first kappa shape index (κ1) is 16.0. The van der Waals surface area contributed by atoms with Crippen molar-refractivity contribution in [2.45, 2.75) is 13.8 Å². The van der Waals surface area contributed by atoms with E-state index < -0.39 is 0 Å². The van der Waals surface area contributed by atoms with Crippen molar-refractivity contribution in [3.63, 3.8) is 0 Å². The van der Waals surface area contributed by atoms with Crippen molar-refractivity contribution in [3.8, 4) is 34.1 Å². The summed E-state index contributed by atoms with van der Waals surface area (Å²) in [5.74, 6) is 2.86. The summed E-state index contributed by atoms with van der Waals surface area (Å²) in [4.78, 5) is 0. The van der Waals surface area contributed by atoms with Crippen molar-refractivity contribution in [3.05, 3.63) is 35.4 Å². The van der Waals surface area contributed by atoms with E-state index in [0.717, 1.165) is 33.8 Å². The van der Waals surface area contributed by atoms with Gasteiger partial charge in [0.2, 0.25) is 0 Å². The summed E-state index contributed by atoms with van der Waals surface area (Å²) in [6.07, 6.45) is 0. The highest BCUT2D eigenvalue weighted by molar-refractivity contribution is 5.76. The third kappa shape index (κ3) is 2.82. The molecule has 0 unspecified atom stereocenters. The molecule has 2 aromatic rings. The van der Waals surface area contributed by atoms with E-state index in [1.54, 1.807) is 28.4 Å². The molecule has 0 spiro atoms.